The lowest BCUT2D eigenvalue weighted by Crippen LogP contribution is -2.27. The Hall–Kier alpha value is -3.01. The third-order valence-electron chi connectivity index (χ3n) is 4.11. The van der Waals surface area contributed by atoms with Gasteiger partial charge in [0.2, 0.25) is 10.0 Å². The number of rotatable bonds is 5. The maximum atomic E-state index is 13.5. The molecule has 2 aromatic carbocycles. The molecule has 2 aromatic rings. The van der Waals surface area contributed by atoms with Gasteiger partial charge in [-0.15, -0.1) is 0 Å². The zero-order valence-electron chi connectivity index (χ0n) is 14.7. The van der Waals surface area contributed by atoms with Gasteiger partial charge in [0.25, 0.3) is 5.91 Å². The number of hydrogen-bond donors (Lipinski definition) is 1. The highest BCUT2D eigenvalue weighted by atomic mass is 32.2. The molecule has 0 saturated carbocycles. The first-order chi connectivity index (χ1) is 13.1. The van der Waals surface area contributed by atoms with Crippen LogP contribution in [0.2, 0.25) is 0 Å². The molecule has 1 amide bonds. The molecule has 0 saturated heterocycles. The van der Waals surface area contributed by atoms with Crippen molar-refractivity contribution in [1.29, 1.82) is 0 Å². The highest BCUT2D eigenvalue weighted by Gasteiger charge is 2.27. The standard InChI is InChI=1S/C18H16F2N2O5S/c1-28(25,26)22-7-6-11-8-12(2-5-16(11)22)18(24)27-10-17(23)21-15-4-3-13(19)9-14(15)20/h2-5,8-9H,6-7,10H2,1H3,(H,21,23). The van der Waals surface area contributed by atoms with Crippen LogP contribution < -0.4 is 9.62 Å². The number of carbonyl (C=O) groups is 2. The molecule has 1 heterocycles. The number of carbonyl (C=O) groups excluding carboxylic acids is 2. The fourth-order valence-electron chi connectivity index (χ4n) is 2.83. The molecular formula is C18H16F2N2O5S. The molecule has 0 spiro atoms. The Labute approximate surface area is 160 Å². The van der Waals surface area contributed by atoms with E-state index in [0.29, 0.717) is 23.7 Å². The molecule has 148 valence electrons. The van der Waals surface area contributed by atoms with Crippen molar-refractivity contribution in [2.24, 2.45) is 0 Å². The van der Waals surface area contributed by atoms with Crippen LogP contribution in [0.15, 0.2) is 36.4 Å². The summed E-state index contributed by atoms with van der Waals surface area (Å²) >= 11 is 0. The van der Waals surface area contributed by atoms with Crippen LogP contribution >= 0.6 is 0 Å². The van der Waals surface area contributed by atoms with Gasteiger partial charge in [-0.3, -0.25) is 9.10 Å². The average Bonchev–Trinajstić information content (AvgIpc) is 3.05. The lowest BCUT2D eigenvalue weighted by molar-refractivity contribution is -0.119. The monoisotopic (exact) mass is 410 g/mol. The molecule has 0 bridgehead atoms. The Bertz CT molecular complexity index is 1060. The summed E-state index contributed by atoms with van der Waals surface area (Å²) in [5.74, 6) is -3.31. The Morgan fingerprint density at radius 3 is 2.61 bits per heavy atom. The molecule has 1 aliphatic heterocycles. The van der Waals surface area contributed by atoms with Gasteiger partial charge in [0, 0.05) is 12.6 Å². The molecule has 0 atom stereocenters. The molecule has 7 nitrogen and oxygen atoms in total. The summed E-state index contributed by atoms with van der Waals surface area (Å²) < 4.78 is 56.0. The molecule has 1 aliphatic rings. The smallest absolute Gasteiger partial charge is 0.338 e. The molecule has 0 aromatic heterocycles. The van der Waals surface area contributed by atoms with Crippen LogP contribution in [0.5, 0.6) is 0 Å². The van der Waals surface area contributed by atoms with Crippen molar-refractivity contribution in [3.63, 3.8) is 0 Å². The quantitative estimate of drug-likeness (QED) is 0.762. The van der Waals surface area contributed by atoms with Gasteiger partial charge < -0.3 is 10.1 Å². The minimum absolute atomic E-state index is 0.162. The van der Waals surface area contributed by atoms with Crippen LogP contribution in [0.3, 0.4) is 0 Å². The summed E-state index contributed by atoms with van der Waals surface area (Å²) in [6.07, 6.45) is 1.56. The zero-order chi connectivity index (χ0) is 20.5. The van der Waals surface area contributed by atoms with Crippen molar-refractivity contribution in [2.75, 3.05) is 29.0 Å². The Kier molecular flexibility index (Phi) is 5.32. The number of hydrogen-bond acceptors (Lipinski definition) is 5. The molecule has 0 unspecified atom stereocenters. The summed E-state index contributed by atoms with van der Waals surface area (Å²) in [5, 5.41) is 2.18. The van der Waals surface area contributed by atoms with E-state index < -0.39 is 40.1 Å². The third kappa shape index (κ3) is 4.28. The second-order valence-electron chi connectivity index (χ2n) is 6.18. The Balaban J connectivity index is 1.62. The predicted molar refractivity (Wildman–Crippen MR) is 97.6 cm³/mol. The van der Waals surface area contributed by atoms with E-state index in [1.165, 1.54) is 22.5 Å². The maximum Gasteiger partial charge on any atom is 0.338 e. The van der Waals surface area contributed by atoms with Gasteiger partial charge in [0.15, 0.2) is 6.61 Å². The fourth-order valence-corrected chi connectivity index (χ4v) is 3.79. The number of nitrogens with zero attached hydrogens (tertiary/aromatic N) is 1. The molecule has 0 radical (unpaired) electrons. The molecule has 28 heavy (non-hydrogen) atoms. The van der Waals surface area contributed by atoms with E-state index in [1.54, 1.807) is 0 Å². The molecule has 3 rings (SSSR count). The van der Waals surface area contributed by atoms with Crippen molar-refractivity contribution in [2.45, 2.75) is 6.42 Å². The minimum atomic E-state index is -3.40. The number of nitrogens with one attached hydrogen (secondary N) is 1. The van der Waals surface area contributed by atoms with Crippen LogP contribution in [0.4, 0.5) is 20.2 Å². The SMILES string of the molecule is CS(=O)(=O)N1CCc2cc(C(=O)OCC(=O)Nc3ccc(F)cc3F)ccc21. The van der Waals surface area contributed by atoms with E-state index in [4.69, 9.17) is 4.74 Å². The molecular weight excluding hydrogens is 394 g/mol. The van der Waals surface area contributed by atoms with Crippen LogP contribution in [0.25, 0.3) is 0 Å². The zero-order valence-corrected chi connectivity index (χ0v) is 15.6. The average molecular weight is 410 g/mol. The van der Waals surface area contributed by atoms with Gasteiger partial charge in [-0.1, -0.05) is 0 Å². The lowest BCUT2D eigenvalue weighted by atomic mass is 10.1. The number of fused-ring (bicyclic) bond motifs is 1. The number of amides is 1. The van der Waals surface area contributed by atoms with Gasteiger partial charge >= 0.3 is 5.97 Å². The van der Waals surface area contributed by atoms with E-state index in [0.717, 1.165) is 18.4 Å². The van der Waals surface area contributed by atoms with E-state index in [2.05, 4.69) is 5.32 Å². The Morgan fingerprint density at radius 1 is 1.18 bits per heavy atom. The maximum absolute atomic E-state index is 13.5. The summed E-state index contributed by atoms with van der Waals surface area (Å²) in [7, 11) is -3.40. The van der Waals surface area contributed by atoms with Crippen molar-refractivity contribution in [1.82, 2.24) is 0 Å². The number of sulfonamides is 1. The molecule has 0 aliphatic carbocycles. The molecule has 10 heteroatoms. The highest BCUT2D eigenvalue weighted by molar-refractivity contribution is 7.92. The lowest BCUT2D eigenvalue weighted by Gasteiger charge is -2.16. The number of ether oxygens (including phenoxy) is 1. The summed E-state index contributed by atoms with van der Waals surface area (Å²) in [6.45, 7) is -0.374. The number of benzene rings is 2. The van der Waals surface area contributed by atoms with Crippen molar-refractivity contribution < 1.29 is 31.5 Å². The summed E-state index contributed by atoms with van der Waals surface area (Å²) in [6, 6.07) is 7.08. The van der Waals surface area contributed by atoms with E-state index >= 15 is 0 Å². The van der Waals surface area contributed by atoms with Gasteiger partial charge in [-0.05, 0) is 42.3 Å². The molecule has 0 fully saturated rings. The fraction of sp³-hybridized carbons (Fsp3) is 0.222. The first kappa shape index (κ1) is 19.7. The summed E-state index contributed by atoms with van der Waals surface area (Å²) in [5.41, 5.74) is 1.11. The van der Waals surface area contributed by atoms with E-state index in [-0.39, 0.29) is 17.8 Å². The summed E-state index contributed by atoms with van der Waals surface area (Å²) in [4.78, 5) is 23.9. The number of halogens is 2. The van der Waals surface area contributed by atoms with Crippen molar-refractivity contribution >= 4 is 33.3 Å². The van der Waals surface area contributed by atoms with Crippen LogP contribution in [-0.2, 0) is 26.0 Å². The second-order valence-corrected chi connectivity index (χ2v) is 8.08. The van der Waals surface area contributed by atoms with E-state index in [1.807, 2.05) is 0 Å². The van der Waals surface area contributed by atoms with Gasteiger partial charge in [0.05, 0.1) is 23.2 Å². The van der Waals surface area contributed by atoms with Crippen molar-refractivity contribution in [3.8, 4) is 0 Å². The first-order valence-corrected chi connectivity index (χ1v) is 10.0. The first-order valence-electron chi connectivity index (χ1n) is 8.18. The third-order valence-corrected chi connectivity index (χ3v) is 5.29. The minimum Gasteiger partial charge on any atom is -0.452 e. The highest BCUT2D eigenvalue weighted by Crippen LogP contribution is 2.30. The van der Waals surface area contributed by atoms with E-state index in [9.17, 15) is 26.8 Å². The normalized spacial score (nSPS) is 13.2. The largest absolute Gasteiger partial charge is 0.452 e. The van der Waals surface area contributed by atoms with Gasteiger partial charge in [-0.2, -0.15) is 0 Å². The van der Waals surface area contributed by atoms with Gasteiger partial charge in [0.1, 0.15) is 11.6 Å². The molecule has 1 N–H and O–H groups in total. The second kappa shape index (κ2) is 7.55. The van der Waals surface area contributed by atoms with Crippen LogP contribution in [-0.4, -0.2) is 39.7 Å². The Morgan fingerprint density at radius 2 is 1.93 bits per heavy atom. The van der Waals surface area contributed by atoms with Crippen LogP contribution in [0, 0.1) is 11.6 Å². The van der Waals surface area contributed by atoms with Crippen molar-refractivity contribution in [3.05, 3.63) is 59.2 Å². The topological polar surface area (TPSA) is 92.8 Å². The number of anilines is 2. The number of esters is 1. The van der Waals surface area contributed by atoms with Gasteiger partial charge in [-0.25, -0.2) is 22.0 Å². The predicted octanol–water partition coefficient (Wildman–Crippen LogP) is 2.08. The van der Waals surface area contributed by atoms with Crippen LogP contribution in [0.1, 0.15) is 15.9 Å².